The van der Waals surface area contributed by atoms with Crippen LogP contribution in [-0.2, 0) is 29.1 Å². The summed E-state index contributed by atoms with van der Waals surface area (Å²) in [6.45, 7) is 19.9. The van der Waals surface area contributed by atoms with Crippen molar-refractivity contribution in [2.75, 3.05) is 6.61 Å². The molecular formula is C29H60O6. The van der Waals surface area contributed by atoms with Gasteiger partial charge in [0.05, 0.1) is 24.2 Å². The number of carbonyl (C=O) groups excluding carboxylic acids is 1. The summed E-state index contributed by atoms with van der Waals surface area (Å²) >= 11 is 0. The van der Waals surface area contributed by atoms with E-state index in [0.29, 0.717) is 6.61 Å². The molecule has 0 fully saturated rings. The molecule has 0 saturated heterocycles. The van der Waals surface area contributed by atoms with Gasteiger partial charge >= 0.3 is 5.97 Å². The van der Waals surface area contributed by atoms with E-state index in [0.717, 1.165) is 12.8 Å². The predicted molar refractivity (Wildman–Crippen MR) is 145 cm³/mol. The molecule has 0 atom stereocenters. The Hall–Kier alpha value is -0.690. The molecule has 6 heteroatoms. The van der Waals surface area contributed by atoms with E-state index in [4.69, 9.17) is 24.3 Å². The molecule has 0 bridgehead atoms. The summed E-state index contributed by atoms with van der Waals surface area (Å²) in [6.07, 6.45) is 16.7. The monoisotopic (exact) mass is 504 g/mol. The van der Waals surface area contributed by atoms with Gasteiger partial charge in [-0.1, -0.05) is 91.4 Å². The van der Waals surface area contributed by atoms with Crippen LogP contribution in [0.2, 0.25) is 0 Å². The van der Waals surface area contributed by atoms with Gasteiger partial charge in [-0.25, -0.2) is 9.78 Å². The summed E-state index contributed by atoms with van der Waals surface area (Å²) < 4.78 is 5.14. The highest BCUT2D eigenvalue weighted by molar-refractivity contribution is 5.69. The lowest BCUT2D eigenvalue weighted by atomic mass is 10.1. The van der Waals surface area contributed by atoms with E-state index in [1.807, 2.05) is 48.5 Å². The predicted octanol–water partition coefficient (Wildman–Crippen LogP) is 9.25. The molecule has 0 aromatic carbocycles. The van der Waals surface area contributed by atoms with Crippen molar-refractivity contribution in [3.05, 3.63) is 0 Å². The third kappa shape index (κ3) is 29.4. The smallest absolute Gasteiger partial charge is 0.305 e. The van der Waals surface area contributed by atoms with Crippen LogP contribution in [0.5, 0.6) is 0 Å². The Morgan fingerprint density at radius 1 is 0.543 bits per heavy atom. The van der Waals surface area contributed by atoms with Gasteiger partial charge < -0.3 is 4.74 Å². The van der Waals surface area contributed by atoms with Gasteiger partial charge in [0.25, 0.3) is 0 Å². The minimum Gasteiger partial charge on any atom is -0.466 e. The van der Waals surface area contributed by atoms with Gasteiger partial charge in [-0.05, 0) is 54.9 Å². The SMILES string of the molecule is CCCCCCCCCCCC.CCCCOC(=O)CCC(C)(OOC(C)(C)C)OOC(C)(C)C. The fourth-order valence-corrected chi connectivity index (χ4v) is 2.82. The largest absolute Gasteiger partial charge is 0.466 e. The summed E-state index contributed by atoms with van der Waals surface area (Å²) in [5, 5.41) is 0. The number of ether oxygens (including phenoxy) is 1. The topological polar surface area (TPSA) is 63.2 Å². The summed E-state index contributed by atoms with van der Waals surface area (Å²) in [4.78, 5) is 33.2. The first-order chi connectivity index (χ1) is 16.3. The van der Waals surface area contributed by atoms with E-state index in [9.17, 15) is 4.79 Å². The van der Waals surface area contributed by atoms with Crippen LogP contribution in [-0.4, -0.2) is 29.6 Å². The van der Waals surface area contributed by atoms with Crippen LogP contribution in [0.1, 0.15) is 159 Å². The van der Waals surface area contributed by atoms with Crippen LogP contribution in [0.3, 0.4) is 0 Å². The van der Waals surface area contributed by atoms with E-state index < -0.39 is 17.0 Å². The van der Waals surface area contributed by atoms with Crippen molar-refractivity contribution in [2.45, 2.75) is 176 Å². The summed E-state index contributed by atoms with van der Waals surface area (Å²) in [7, 11) is 0. The van der Waals surface area contributed by atoms with E-state index >= 15 is 0 Å². The standard InChI is InChI=1S/C17H34O6.C12H26/c1-9-10-13-19-14(18)11-12-17(8,22-20-15(2,3)4)23-21-16(5,6)7;1-3-5-7-9-11-12-10-8-6-4-2/h9-13H2,1-8H3;3-12H2,1-2H3. The van der Waals surface area contributed by atoms with E-state index in [2.05, 4.69) is 13.8 Å². The first-order valence-corrected chi connectivity index (χ1v) is 14.2. The van der Waals surface area contributed by atoms with Gasteiger partial charge in [0.2, 0.25) is 5.79 Å². The minimum absolute atomic E-state index is 0.154. The van der Waals surface area contributed by atoms with Gasteiger partial charge in [0, 0.05) is 6.42 Å². The zero-order valence-corrected chi connectivity index (χ0v) is 25.1. The van der Waals surface area contributed by atoms with Gasteiger partial charge in [-0.3, -0.25) is 4.79 Å². The third-order valence-corrected chi connectivity index (χ3v) is 4.94. The molecule has 0 aromatic rings. The first kappa shape index (κ1) is 36.5. The van der Waals surface area contributed by atoms with Gasteiger partial charge in [-0.2, -0.15) is 9.78 Å². The second-order valence-corrected chi connectivity index (χ2v) is 11.6. The summed E-state index contributed by atoms with van der Waals surface area (Å²) in [5.41, 5.74) is -1.01. The van der Waals surface area contributed by atoms with Crippen LogP contribution in [0.25, 0.3) is 0 Å². The number of carbonyl (C=O) groups is 1. The van der Waals surface area contributed by atoms with Crippen LogP contribution < -0.4 is 0 Å². The summed E-state index contributed by atoms with van der Waals surface area (Å²) in [6, 6.07) is 0. The molecule has 0 amide bonds. The van der Waals surface area contributed by atoms with Gasteiger partial charge in [0.1, 0.15) is 0 Å². The summed E-state index contributed by atoms with van der Waals surface area (Å²) in [5.74, 6) is -1.49. The molecular weight excluding hydrogens is 444 g/mol. The maximum absolute atomic E-state index is 11.8. The fraction of sp³-hybridized carbons (Fsp3) is 0.966. The second kappa shape index (κ2) is 21.4. The van der Waals surface area contributed by atoms with E-state index in [1.54, 1.807) is 6.92 Å². The zero-order chi connectivity index (χ0) is 27.2. The number of rotatable bonds is 19. The molecule has 0 aliphatic carbocycles. The Balaban J connectivity index is 0. The molecule has 6 nitrogen and oxygen atoms in total. The highest BCUT2D eigenvalue weighted by Gasteiger charge is 2.34. The molecule has 0 aliphatic heterocycles. The fourth-order valence-electron chi connectivity index (χ4n) is 2.82. The average molecular weight is 505 g/mol. The van der Waals surface area contributed by atoms with Crippen LogP contribution in [0.15, 0.2) is 0 Å². The normalized spacial score (nSPS) is 12.3. The van der Waals surface area contributed by atoms with Crippen LogP contribution in [0.4, 0.5) is 0 Å². The second-order valence-electron chi connectivity index (χ2n) is 11.6. The van der Waals surface area contributed by atoms with E-state index in [1.165, 1.54) is 64.2 Å². The van der Waals surface area contributed by atoms with Crippen molar-refractivity contribution >= 4 is 5.97 Å². The van der Waals surface area contributed by atoms with Crippen LogP contribution in [0, 0.1) is 0 Å². The Kier molecular flexibility index (Phi) is 22.3. The van der Waals surface area contributed by atoms with Crippen molar-refractivity contribution in [3.63, 3.8) is 0 Å². The molecule has 0 heterocycles. The molecule has 0 rings (SSSR count). The van der Waals surface area contributed by atoms with Crippen molar-refractivity contribution < 1.29 is 29.1 Å². The molecule has 0 aliphatic rings. The maximum atomic E-state index is 11.8. The maximum Gasteiger partial charge on any atom is 0.305 e. The number of esters is 1. The molecule has 0 N–H and O–H groups in total. The van der Waals surface area contributed by atoms with Crippen LogP contribution >= 0.6 is 0 Å². The van der Waals surface area contributed by atoms with Gasteiger partial charge in [-0.15, -0.1) is 0 Å². The average Bonchev–Trinajstić information content (AvgIpc) is 2.77. The molecule has 0 aromatic heterocycles. The Morgan fingerprint density at radius 2 is 0.914 bits per heavy atom. The minimum atomic E-state index is -1.20. The van der Waals surface area contributed by atoms with Crippen molar-refractivity contribution in [1.29, 1.82) is 0 Å². The molecule has 35 heavy (non-hydrogen) atoms. The number of hydrogen-bond acceptors (Lipinski definition) is 6. The molecule has 0 unspecified atom stereocenters. The lowest BCUT2D eigenvalue weighted by molar-refractivity contribution is -0.537. The Morgan fingerprint density at radius 3 is 1.26 bits per heavy atom. The number of unbranched alkanes of at least 4 members (excludes halogenated alkanes) is 10. The highest BCUT2D eigenvalue weighted by atomic mass is 17.3. The zero-order valence-electron chi connectivity index (χ0n) is 25.1. The third-order valence-electron chi connectivity index (χ3n) is 4.94. The van der Waals surface area contributed by atoms with E-state index in [-0.39, 0.29) is 18.8 Å². The molecule has 0 saturated carbocycles. The number of hydrogen-bond donors (Lipinski definition) is 0. The van der Waals surface area contributed by atoms with Crippen molar-refractivity contribution in [1.82, 2.24) is 0 Å². The first-order valence-electron chi connectivity index (χ1n) is 14.2. The Bertz CT molecular complexity index is 451. The Labute approximate surface area is 218 Å². The molecule has 0 spiro atoms. The lowest BCUT2D eigenvalue weighted by Crippen LogP contribution is -2.39. The lowest BCUT2D eigenvalue weighted by Gasteiger charge is -2.32. The quantitative estimate of drug-likeness (QED) is 0.0574. The van der Waals surface area contributed by atoms with Crippen molar-refractivity contribution in [3.8, 4) is 0 Å². The highest BCUT2D eigenvalue weighted by Crippen LogP contribution is 2.26. The van der Waals surface area contributed by atoms with Crippen molar-refractivity contribution in [2.24, 2.45) is 0 Å². The molecule has 212 valence electrons. The molecule has 0 radical (unpaired) electrons. The van der Waals surface area contributed by atoms with Gasteiger partial charge in [0.15, 0.2) is 0 Å².